The number of carboxylic acids is 1. The van der Waals surface area contributed by atoms with Crippen molar-refractivity contribution in [3.63, 3.8) is 0 Å². The van der Waals surface area contributed by atoms with Gasteiger partial charge in [0.05, 0.1) is 27.2 Å². The summed E-state index contributed by atoms with van der Waals surface area (Å²) in [7, 11) is 4.45. The van der Waals surface area contributed by atoms with Crippen LogP contribution >= 0.6 is 0 Å². The highest BCUT2D eigenvalue weighted by Gasteiger charge is 2.31. The molecule has 1 aromatic carbocycles. The fraction of sp³-hybridized carbons (Fsp3) is 0.500. The molecule has 1 saturated carbocycles. The number of hydrogen-bond acceptors (Lipinski definition) is 5. The summed E-state index contributed by atoms with van der Waals surface area (Å²) in [5.74, 6) is -0.285. The van der Waals surface area contributed by atoms with Crippen molar-refractivity contribution in [2.45, 2.75) is 25.3 Å². The van der Waals surface area contributed by atoms with E-state index in [0.29, 0.717) is 42.1 Å². The summed E-state index contributed by atoms with van der Waals surface area (Å²) in [5.41, 5.74) is 0.373. The van der Waals surface area contributed by atoms with Gasteiger partial charge in [0.2, 0.25) is 5.75 Å². The van der Waals surface area contributed by atoms with Gasteiger partial charge < -0.3 is 24.6 Å². The van der Waals surface area contributed by atoms with E-state index in [9.17, 15) is 9.59 Å². The van der Waals surface area contributed by atoms with Gasteiger partial charge in [-0.05, 0) is 31.4 Å². The minimum absolute atomic E-state index is 0.136. The maximum atomic E-state index is 12.4. The van der Waals surface area contributed by atoms with Gasteiger partial charge in [-0.3, -0.25) is 9.59 Å². The molecule has 0 bridgehead atoms. The maximum Gasteiger partial charge on any atom is 0.306 e. The number of carbonyl (C=O) groups excluding carboxylic acids is 1. The fourth-order valence-corrected chi connectivity index (χ4v) is 2.82. The van der Waals surface area contributed by atoms with Crippen molar-refractivity contribution in [1.29, 1.82) is 0 Å². The normalized spacial score (nSPS) is 20.0. The molecule has 0 heterocycles. The van der Waals surface area contributed by atoms with Crippen molar-refractivity contribution in [3.05, 3.63) is 17.7 Å². The average Bonchev–Trinajstić information content (AvgIpc) is 3.01. The number of benzene rings is 1. The third-order valence-corrected chi connectivity index (χ3v) is 4.04. The fourth-order valence-electron chi connectivity index (χ4n) is 2.82. The highest BCUT2D eigenvalue weighted by molar-refractivity contribution is 5.96. The first kappa shape index (κ1) is 16.9. The van der Waals surface area contributed by atoms with Crippen molar-refractivity contribution in [2.75, 3.05) is 21.3 Å². The smallest absolute Gasteiger partial charge is 0.306 e. The Hall–Kier alpha value is -2.44. The number of carbonyl (C=O) groups is 2. The molecule has 1 aliphatic rings. The molecule has 7 heteroatoms. The number of aliphatic carboxylic acids is 1. The molecule has 126 valence electrons. The van der Waals surface area contributed by atoms with Crippen LogP contribution in [0.4, 0.5) is 0 Å². The number of amides is 1. The summed E-state index contributed by atoms with van der Waals surface area (Å²) in [5, 5.41) is 11.9. The quantitative estimate of drug-likeness (QED) is 0.827. The second kappa shape index (κ2) is 7.21. The van der Waals surface area contributed by atoms with Crippen molar-refractivity contribution in [2.24, 2.45) is 5.92 Å². The minimum atomic E-state index is -0.811. The van der Waals surface area contributed by atoms with Crippen LogP contribution in [-0.4, -0.2) is 44.4 Å². The first-order valence-electron chi connectivity index (χ1n) is 7.33. The first-order chi connectivity index (χ1) is 11.0. The van der Waals surface area contributed by atoms with Gasteiger partial charge in [0, 0.05) is 11.6 Å². The second-order valence-electron chi connectivity index (χ2n) is 5.43. The minimum Gasteiger partial charge on any atom is -0.493 e. The molecule has 1 amide bonds. The van der Waals surface area contributed by atoms with E-state index >= 15 is 0 Å². The zero-order chi connectivity index (χ0) is 17.0. The molecule has 7 nitrogen and oxygen atoms in total. The number of ether oxygens (including phenoxy) is 3. The number of rotatable bonds is 6. The second-order valence-corrected chi connectivity index (χ2v) is 5.43. The van der Waals surface area contributed by atoms with E-state index in [4.69, 9.17) is 19.3 Å². The molecule has 0 saturated heterocycles. The molecule has 2 rings (SSSR count). The van der Waals surface area contributed by atoms with Gasteiger partial charge in [-0.2, -0.15) is 0 Å². The molecule has 0 aliphatic heterocycles. The average molecular weight is 323 g/mol. The molecule has 0 aromatic heterocycles. The van der Waals surface area contributed by atoms with Gasteiger partial charge in [0.1, 0.15) is 0 Å². The summed E-state index contributed by atoms with van der Waals surface area (Å²) in [6.07, 6.45) is 1.69. The van der Waals surface area contributed by atoms with Crippen LogP contribution in [0.1, 0.15) is 29.6 Å². The Morgan fingerprint density at radius 3 is 2.13 bits per heavy atom. The van der Waals surface area contributed by atoms with Crippen LogP contribution in [0.5, 0.6) is 17.2 Å². The third-order valence-electron chi connectivity index (χ3n) is 4.04. The van der Waals surface area contributed by atoms with Crippen LogP contribution in [0, 0.1) is 5.92 Å². The third kappa shape index (κ3) is 3.67. The van der Waals surface area contributed by atoms with Crippen LogP contribution in [0.25, 0.3) is 0 Å². The van der Waals surface area contributed by atoms with E-state index in [0.717, 1.165) is 0 Å². The Morgan fingerprint density at radius 2 is 1.70 bits per heavy atom. The van der Waals surface area contributed by atoms with Crippen molar-refractivity contribution >= 4 is 11.9 Å². The monoisotopic (exact) mass is 323 g/mol. The molecule has 0 spiro atoms. The predicted molar refractivity (Wildman–Crippen MR) is 82.3 cm³/mol. The summed E-state index contributed by atoms with van der Waals surface area (Å²) >= 11 is 0. The van der Waals surface area contributed by atoms with Crippen LogP contribution in [0.3, 0.4) is 0 Å². The van der Waals surface area contributed by atoms with E-state index in [1.165, 1.54) is 21.3 Å². The Balaban J connectivity index is 2.15. The zero-order valence-corrected chi connectivity index (χ0v) is 13.4. The lowest BCUT2D eigenvalue weighted by atomic mass is 10.1. The largest absolute Gasteiger partial charge is 0.493 e. The Morgan fingerprint density at radius 1 is 1.09 bits per heavy atom. The van der Waals surface area contributed by atoms with E-state index in [2.05, 4.69) is 5.32 Å². The number of hydrogen-bond donors (Lipinski definition) is 2. The number of carboxylic acid groups (broad SMARTS) is 1. The summed E-state index contributed by atoms with van der Waals surface area (Å²) < 4.78 is 15.7. The topological polar surface area (TPSA) is 94.1 Å². The summed E-state index contributed by atoms with van der Waals surface area (Å²) in [6.45, 7) is 0. The summed E-state index contributed by atoms with van der Waals surface area (Å²) in [6, 6.07) is 3.00. The number of methoxy groups -OCH3 is 3. The van der Waals surface area contributed by atoms with E-state index < -0.39 is 5.97 Å². The lowest BCUT2D eigenvalue weighted by Crippen LogP contribution is -2.33. The van der Waals surface area contributed by atoms with Gasteiger partial charge in [0.15, 0.2) is 11.5 Å². The SMILES string of the molecule is COc1cc(C(=O)N[C@H]2CC[C@@H](C(=O)O)C2)cc(OC)c1OC. The van der Waals surface area contributed by atoms with Crippen molar-refractivity contribution < 1.29 is 28.9 Å². The van der Waals surface area contributed by atoms with Crippen LogP contribution in [0.15, 0.2) is 12.1 Å². The van der Waals surface area contributed by atoms with Crippen molar-refractivity contribution in [3.8, 4) is 17.2 Å². The first-order valence-corrected chi connectivity index (χ1v) is 7.33. The van der Waals surface area contributed by atoms with Crippen LogP contribution < -0.4 is 19.5 Å². The Labute approximate surface area is 134 Å². The lowest BCUT2D eigenvalue weighted by molar-refractivity contribution is -0.141. The molecule has 1 aromatic rings. The Bertz CT molecular complexity index is 575. The molecular weight excluding hydrogens is 302 g/mol. The van der Waals surface area contributed by atoms with Gasteiger partial charge in [-0.1, -0.05) is 0 Å². The van der Waals surface area contributed by atoms with Gasteiger partial charge >= 0.3 is 5.97 Å². The summed E-state index contributed by atoms with van der Waals surface area (Å²) in [4.78, 5) is 23.4. The molecule has 1 fully saturated rings. The zero-order valence-electron chi connectivity index (χ0n) is 13.4. The standard InChI is InChI=1S/C16H21NO6/c1-21-12-7-10(8-13(22-2)14(12)23-3)15(18)17-11-5-4-9(6-11)16(19)20/h7-9,11H,4-6H2,1-3H3,(H,17,18)(H,19,20)/t9-,11+/m1/s1. The van der Waals surface area contributed by atoms with Crippen molar-refractivity contribution in [1.82, 2.24) is 5.32 Å². The highest BCUT2D eigenvalue weighted by atomic mass is 16.5. The number of nitrogens with one attached hydrogen (secondary N) is 1. The van der Waals surface area contributed by atoms with E-state index in [-0.39, 0.29) is 17.9 Å². The lowest BCUT2D eigenvalue weighted by Gasteiger charge is -2.16. The Kier molecular flexibility index (Phi) is 5.31. The van der Waals surface area contributed by atoms with Gasteiger partial charge in [-0.15, -0.1) is 0 Å². The van der Waals surface area contributed by atoms with Crippen LogP contribution in [-0.2, 0) is 4.79 Å². The molecule has 2 atom stereocenters. The molecule has 23 heavy (non-hydrogen) atoms. The molecule has 2 N–H and O–H groups in total. The molecule has 1 aliphatic carbocycles. The highest BCUT2D eigenvalue weighted by Crippen LogP contribution is 2.38. The van der Waals surface area contributed by atoms with Crippen LogP contribution in [0.2, 0.25) is 0 Å². The van der Waals surface area contributed by atoms with E-state index in [1.807, 2.05) is 0 Å². The van der Waals surface area contributed by atoms with Gasteiger partial charge in [-0.25, -0.2) is 0 Å². The molecule has 0 unspecified atom stereocenters. The predicted octanol–water partition coefficient (Wildman–Crippen LogP) is 1.70. The molecule has 0 radical (unpaired) electrons. The molecular formula is C16H21NO6. The van der Waals surface area contributed by atoms with E-state index in [1.54, 1.807) is 12.1 Å². The van der Waals surface area contributed by atoms with Gasteiger partial charge in [0.25, 0.3) is 5.91 Å². The maximum absolute atomic E-state index is 12.4.